The fraction of sp³-hybridized carbons (Fsp3) is 0.600. The third-order valence-corrected chi connectivity index (χ3v) is 3.82. The molecular weight excluding hydrogens is 256 g/mol. The zero-order chi connectivity index (χ0) is 13.6. The monoisotopic (exact) mass is 274 g/mol. The number of aromatic nitrogens is 2. The molecule has 8 heteroatoms. The van der Waals surface area contributed by atoms with Gasteiger partial charge in [-0.05, 0) is 19.4 Å². The number of hydrogen-bond donors (Lipinski definition) is 3. The van der Waals surface area contributed by atoms with Gasteiger partial charge in [0.2, 0.25) is 5.91 Å². The first-order valence-corrected chi connectivity index (χ1v) is 7.22. The quantitative estimate of drug-likeness (QED) is 0.650. The smallest absolute Gasteiger partial charge is 0.257 e. The van der Waals surface area contributed by atoms with Gasteiger partial charge in [0, 0.05) is 19.0 Å². The maximum atomic E-state index is 11.6. The highest BCUT2D eigenvalue weighted by atomic mass is 32.2. The molecule has 102 valence electrons. The largest absolute Gasteiger partial charge is 0.354 e. The summed E-state index contributed by atoms with van der Waals surface area (Å²) in [6.07, 6.45) is 2.30. The van der Waals surface area contributed by atoms with Crippen LogP contribution in [0.1, 0.15) is 26.7 Å². The van der Waals surface area contributed by atoms with E-state index < -0.39 is 10.0 Å². The molecule has 3 N–H and O–H groups in total. The first-order chi connectivity index (χ1) is 8.45. The highest BCUT2D eigenvalue weighted by Gasteiger charge is 2.15. The van der Waals surface area contributed by atoms with Crippen LogP contribution >= 0.6 is 0 Å². The second kappa shape index (κ2) is 6.50. The van der Waals surface area contributed by atoms with Crippen LogP contribution in [0.3, 0.4) is 0 Å². The fourth-order valence-corrected chi connectivity index (χ4v) is 2.16. The van der Waals surface area contributed by atoms with E-state index in [0.717, 1.165) is 6.42 Å². The van der Waals surface area contributed by atoms with Crippen LogP contribution in [0.4, 0.5) is 0 Å². The van der Waals surface area contributed by atoms with Gasteiger partial charge in [0.1, 0.15) is 0 Å². The molecule has 1 rings (SSSR count). The number of H-pyrrole nitrogens is 1. The van der Waals surface area contributed by atoms with E-state index in [2.05, 4.69) is 20.2 Å². The van der Waals surface area contributed by atoms with Crippen LogP contribution in [-0.2, 0) is 14.8 Å². The van der Waals surface area contributed by atoms with Gasteiger partial charge in [-0.15, -0.1) is 0 Å². The van der Waals surface area contributed by atoms with Gasteiger partial charge in [0.25, 0.3) is 10.0 Å². The lowest BCUT2D eigenvalue weighted by atomic mass is 10.2. The van der Waals surface area contributed by atoms with Crippen molar-refractivity contribution in [2.45, 2.75) is 37.8 Å². The van der Waals surface area contributed by atoms with Crippen molar-refractivity contribution in [3.8, 4) is 0 Å². The van der Waals surface area contributed by atoms with Crippen molar-refractivity contribution in [1.29, 1.82) is 0 Å². The third kappa shape index (κ3) is 4.46. The molecule has 1 atom stereocenters. The van der Waals surface area contributed by atoms with Crippen molar-refractivity contribution in [2.24, 2.45) is 0 Å². The van der Waals surface area contributed by atoms with Crippen molar-refractivity contribution < 1.29 is 13.2 Å². The van der Waals surface area contributed by atoms with E-state index >= 15 is 0 Å². The Bertz CT molecular complexity index is 469. The Morgan fingerprint density at radius 3 is 2.83 bits per heavy atom. The molecule has 0 aliphatic rings. The fourth-order valence-electron chi connectivity index (χ4n) is 1.22. The molecule has 0 radical (unpaired) electrons. The molecule has 1 aromatic heterocycles. The maximum Gasteiger partial charge on any atom is 0.257 e. The van der Waals surface area contributed by atoms with Crippen LogP contribution in [-0.4, -0.2) is 37.1 Å². The van der Waals surface area contributed by atoms with E-state index in [-0.39, 0.29) is 29.9 Å². The van der Waals surface area contributed by atoms with E-state index in [1.165, 1.54) is 12.3 Å². The first-order valence-electron chi connectivity index (χ1n) is 5.74. The van der Waals surface area contributed by atoms with Gasteiger partial charge in [0.15, 0.2) is 5.03 Å². The topological polar surface area (TPSA) is 104 Å². The van der Waals surface area contributed by atoms with E-state index in [4.69, 9.17) is 0 Å². The minimum atomic E-state index is -3.59. The molecule has 0 aromatic carbocycles. The summed E-state index contributed by atoms with van der Waals surface area (Å²) in [6.45, 7) is 3.92. The van der Waals surface area contributed by atoms with Crippen LogP contribution < -0.4 is 10.0 Å². The van der Waals surface area contributed by atoms with Crippen molar-refractivity contribution >= 4 is 15.9 Å². The number of aromatic amines is 1. The summed E-state index contributed by atoms with van der Waals surface area (Å²) in [5.41, 5.74) is 0. The number of sulfonamides is 1. The zero-order valence-electron chi connectivity index (χ0n) is 10.4. The molecule has 7 nitrogen and oxygen atoms in total. The summed E-state index contributed by atoms with van der Waals surface area (Å²) < 4.78 is 25.6. The average molecular weight is 274 g/mol. The Kier molecular flexibility index (Phi) is 5.29. The Balaban J connectivity index is 2.36. The van der Waals surface area contributed by atoms with Gasteiger partial charge >= 0.3 is 0 Å². The lowest BCUT2D eigenvalue weighted by Crippen LogP contribution is -2.35. The Morgan fingerprint density at radius 1 is 1.56 bits per heavy atom. The van der Waals surface area contributed by atoms with Crippen LogP contribution in [0.5, 0.6) is 0 Å². The predicted molar refractivity (Wildman–Crippen MR) is 66.3 cm³/mol. The molecule has 1 amide bonds. The zero-order valence-corrected chi connectivity index (χ0v) is 11.3. The summed E-state index contributed by atoms with van der Waals surface area (Å²) in [7, 11) is -3.59. The SMILES string of the molecule is CCC(C)NC(=O)CCNS(=O)(=O)c1ccn[nH]1. The second-order valence-corrected chi connectivity index (χ2v) is 5.68. The summed E-state index contributed by atoms with van der Waals surface area (Å²) in [4.78, 5) is 11.4. The van der Waals surface area contributed by atoms with Gasteiger partial charge in [-0.1, -0.05) is 6.92 Å². The van der Waals surface area contributed by atoms with Crippen molar-refractivity contribution in [3.05, 3.63) is 12.3 Å². The van der Waals surface area contributed by atoms with Gasteiger partial charge in [-0.2, -0.15) is 5.10 Å². The second-order valence-electron chi connectivity index (χ2n) is 3.95. The molecule has 0 bridgehead atoms. The number of hydrogen-bond acceptors (Lipinski definition) is 4. The minimum Gasteiger partial charge on any atom is -0.354 e. The van der Waals surface area contributed by atoms with E-state index in [9.17, 15) is 13.2 Å². The molecule has 18 heavy (non-hydrogen) atoms. The number of amides is 1. The summed E-state index contributed by atoms with van der Waals surface area (Å²) >= 11 is 0. The third-order valence-electron chi connectivity index (χ3n) is 2.43. The molecular formula is C10H18N4O3S. The van der Waals surface area contributed by atoms with Gasteiger partial charge in [0.05, 0.1) is 6.20 Å². The lowest BCUT2D eigenvalue weighted by molar-refractivity contribution is -0.121. The number of carbonyl (C=O) groups is 1. The first kappa shape index (κ1) is 14.7. The van der Waals surface area contributed by atoms with Gasteiger partial charge < -0.3 is 5.32 Å². The van der Waals surface area contributed by atoms with Gasteiger partial charge in [-0.3, -0.25) is 9.89 Å². The Labute approximate surface area is 106 Å². The number of rotatable bonds is 7. The van der Waals surface area contributed by atoms with Crippen LogP contribution in [0, 0.1) is 0 Å². The van der Waals surface area contributed by atoms with E-state index in [1.54, 1.807) is 0 Å². The molecule has 0 saturated carbocycles. The maximum absolute atomic E-state index is 11.6. The highest BCUT2D eigenvalue weighted by molar-refractivity contribution is 7.89. The number of nitrogens with one attached hydrogen (secondary N) is 3. The van der Waals surface area contributed by atoms with Crippen LogP contribution in [0.15, 0.2) is 17.3 Å². The summed E-state index contributed by atoms with van der Waals surface area (Å²) in [5.74, 6) is -0.170. The Morgan fingerprint density at radius 2 is 2.28 bits per heavy atom. The van der Waals surface area contributed by atoms with Crippen molar-refractivity contribution in [3.63, 3.8) is 0 Å². The molecule has 0 aliphatic carbocycles. The predicted octanol–water partition coefficient (Wildman–Crippen LogP) is -0.00720. The van der Waals surface area contributed by atoms with Crippen molar-refractivity contribution in [1.82, 2.24) is 20.2 Å². The molecule has 0 fully saturated rings. The van der Waals surface area contributed by atoms with Gasteiger partial charge in [-0.25, -0.2) is 13.1 Å². The van der Waals surface area contributed by atoms with Crippen LogP contribution in [0.25, 0.3) is 0 Å². The standard InChI is InChI=1S/C10H18N4O3S/c1-3-8(2)13-9(15)4-7-12-18(16,17)10-5-6-11-14-10/h5-6,8,12H,3-4,7H2,1-2H3,(H,11,14)(H,13,15). The van der Waals surface area contributed by atoms with E-state index in [1.807, 2.05) is 13.8 Å². The number of nitrogens with zero attached hydrogens (tertiary/aromatic N) is 1. The summed E-state index contributed by atoms with van der Waals surface area (Å²) in [6, 6.07) is 1.45. The molecule has 0 aliphatic heterocycles. The van der Waals surface area contributed by atoms with Crippen LogP contribution in [0.2, 0.25) is 0 Å². The molecule has 1 heterocycles. The summed E-state index contributed by atoms with van der Waals surface area (Å²) in [5, 5.41) is 8.66. The lowest BCUT2D eigenvalue weighted by Gasteiger charge is -2.11. The molecule has 1 aromatic rings. The highest BCUT2D eigenvalue weighted by Crippen LogP contribution is 2.01. The Hall–Kier alpha value is -1.41. The molecule has 0 saturated heterocycles. The normalized spacial score (nSPS) is 13.2. The minimum absolute atomic E-state index is 0.00941. The van der Waals surface area contributed by atoms with E-state index in [0.29, 0.717) is 0 Å². The molecule has 0 spiro atoms. The average Bonchev–Trinajstić information content (AvgIpc) is 2.82. The van der Waals surface area contributed by atoms with Crippen molar-refractivity contribution in [2.75, 3.05) is 6.54 Å². The molecule has 1 unspecified atom stereocenters. The number of carbonyl (C=O) groups excluding carboxylic acids is 1.